The average Bonchev–Trinajstić information content (AvgIpc) is 3.05. The first-order chi connectivity index (χ1) is 11.5. The van der Waals surface area contributed by atoms with Gasteiger partial charge in [0.15, 0.2) is 0 Å². The second kappa shape index (κ2) is 7.08. The van der Waals surface area contributed by atoms with E-state index in [0.717, 1.165) is 0 Å². The van der Waals surface area contributed by atoms with Crippen LogP contribution in [0.15, 0.2) is 58.1 Å². The Morgan fingerprint density at radius 2 is 1.92 bits per heavy atom. The van der Waals surface area contributed by atoms with Crippen LogP contribution in [-0.4, -0.2) is 30.1 Å². The number of nitrogens with zero attached hydrogens (tertiary/aromatic N) is 3. The van der Waals surface area contributed by atoms with Crippen molar-refractivity contribution in [3.63, 3.8) is 0 Å². The van der Waals surface area contributed by atoms with E-state index in [1.165, 1.54) is 24.3 Å². The molecular weight excluding hydrogens is 352 g/mol. The molecule has 0 spiro atoms. The summed E-state index contributed by atoms with van der Waals surface area (Å²) in [4.78, 5) is 4.12. The van der Waals surface area contributed by atoms with Crippen LogP contribution in [0.4, 0.5) is 0 Å². The van der Waals surface area contributed by atoms with Gasteiger partial charge < -0.3 is 4.42 Å². The van der Waals surface area contributed by atoms with Crippen LogP contribution in [0.2, 0.25) is 5.02 Å². The molecule has 0 aliphatic heterocycles. The highest BCUT2D eigenvalue weighted by Gasteiger charge is 2.14. The van der Waals surface area contributed by atoms with Gasteiger partial charge in [-0.2, -0.15) is 0 Å². The maximum Gasteiger partial charge on any atom is 0.249 e. The zero-order valence-corrected chi connectivity index (χ0v) is 14.0. The fraction of sp³-hybridized carbons (Fsp3) is 0.133. The maximum atomic E-state index is 12.1. The molecule has 7 nitrogen and oxygen atoms in total. The van der Waals surface area contributed by atoms with Gasteiger partial charge in [0.05, 0.1) is 10.5 Å². The summed E-state index contributed by atoms with van der Waals surface area (Å²) in [6.45, 7) is 0.139. The number of sulfonamides is 1. The SMILES string of the molecule is O=S(=O)(NCCc1nnc(-c2cccnc2)o1)c1ccc(Cl)cc1. The monoisotopic (exact) mass is 364 g/mol. The molecule has 1 N–H and O–H groups in total. The molecule has 0 aliphatic rings. The number of aromatic nitrogens is 3. The molecule has 9 heteroatoms. The van der Waals surface area contributed by atoms with Gasteiger partial charge in [0, 0.05) is 30.4 Å². The van der Waals surface area contributed by atoms with Crippen LogP contribution in [0.25, 0.3) is 11.5 Å². The zero-order chi connectivity index (χ0) is 17.0. The molecule has 0 atom stereocenters. The van der Waals surface area contributed by atoms with Crippen LogP contribution < -0.4 is 4.72 Å². The first kappa shape index (κ1) is 16.6. The minimum absolute atomic E-state index is 0.139. The van der Waals surface area contributed by atoms with Gasteiger partial charge in [0.2, 0.25) is 21.8 Å². The van der Waals surface area contributed by atoms with Gasteiger partial charge >= 0.3 is 0 Å². The number of hydrogen-bond donors (Lipinski definition) is 1. The fourth-order valence-corrected chi connectivity index (χ4v) is 3.11. The topological polar surface area (TPSA) is 98.0 Å². The molecule has 2 heterocycles. The molecule has 0 radical (unpaired) electrons. The summed E-state index contributed by atoms with van der Waals surface area (Å²) in [5.74, 6) is 0.686. The largest absolute Gasteiger partial charge is 0.421 e. The first-order valence-electron chi connectivity index (χ1n) is 7.02. The van der Waals surface area contributed by atoms with Crippen molar-refractivity contribution >= 4 is 21.6 Å². The molecule has 0 aliphatic carbocycles. The van der Waals surface area contributed by atoms with Crippen LogP contribution in [-0.2, 0) is 16.4 Å². The lowest BCUT2D eigenvalue weighted by Gasteiger charge is -2.05. The maximum absolute atomic E-state index is 12.1. The molecule has 0 unspecified atom stereocenters. The van der Waals surface area contributed by atoms with Crippen molar-refractivity contribution in [1.29, 1.82) is 0 Å². The van der Waals surface area contributed by atoms with E-state index in [1.54, 1.807) is 24.5 Å². The predicted molar refractivity (Wildman–Crippen MR) is 87.9 cm³/mol. The second-order valence-electron chi connectivity index (χ2n) is 4.84. The first-order valence-corrected chi connectivity index (χ1v) is 8.89. The molecule has 2 aromatic heterocycles. The average molecular weight is 365 g/mol. The van der Waals surface area contributed by atoms with Crippen molar-refractivity contribution in [2.24, 2.45) is 0 Å². The number of rotatable bonds is 6. The summed E-state index contributed by atoms with van der Waals surface area (Å²) in [5.41, 5.74) is 0.706. The van der Waals surface area contributed by atoms with E-state index in [-0.39, 0.29) is 17.9 Å². The highest BCUT2D eigenvalue weighted by molar-refractivity contribution is 7.89. The summed E-state index contributed by atoms with van der Waals surface area (Å²) in [6.07, 6.45) is 3.53. The minimum Gasteiger partial charge on any atom is -0.421 e. The molecule has 0 bridgehead atoms. The molecule has 3 aromatic rings. The second-order valence-corrected chi connectivity index (χ2v) is 7.05. The van der Waals surface area contributed by atoms with Crippen LogP contribution >= 0.6 is 11.6 Å². The van der Waals surface area contributed by atoms with E-state index in [4.69, 9.17) is 16.0 Å². The van der Waals surface area contributed by atoms with Crippen molar-refractivity contribution in [2.45, 2.75) is 11.3 Å². The lowest BCUT2D eigenvalue weighted by molar-refractivity contribution is 0.501. The third kappa shape index (κ3) is 3.97. The quantitative estimate of drug-likeness (QED) is 0.720. The van der Waals surface area contributed by atoms with Crippen LogP contribution in [0.1, 0.15) is 5.89 Å². The molecule has 3 rings (SSSR count). The highest BCUT2D eigenvalue weighted by Crippen LogP contribution is 2.16. The Hall–Kier alpha value is -2.29. The summed E-state index contributed by atoms with van der Waals surface area (Å²) < 4.78 is 32.2. The number of pyridine rings is 1. The van der Waals surface area contributed by atoms with Crippen molar-refractivity contribution in [3.8, 4) is 11.5 Å². The third-order valence-electron chi connectivity index (χ3n) is 3.13. The molecule has 24 heavy (non-hydrogen) atoms. The lowest BCUT2D eigenvalue weighted by Crippen LogP contribution is -2.26. The van der Waals surface area contributed by atoms with Gasteiger partial charge in [-0.15, -0.1) is 10.2 Å². The number of nitrogens with one attached hydrogen (secondary N) is 1. The number of benzene rings is 1. The number of hydrogen-bond acceptors (Lipinski definition) is 6. The third-order valence-corrected chi connectivity index (χ3v) is 4.86. The minimum atomic E-state index is -3.60. The van der Waals surface area contributed by atoms with Gasteiger partial charge in [0.1, 0.15) is 0 Å². The summed E-state index contributed by atoms with van der Waals surface area (Å²) in [6, 6.07) is 9.49. The molecule has 124 valence electrons. The summed E-state index contributed by atoms with van der Waals surface area (Å²) in [7, 11) is -3.60. The van der Waals surface area contributed by atoms with Gasteiger partial charge in [-0.25, -0.2) is 13.1 Å². The summed E-state index contributed by atoms with van der Waals surface area (Å²) >= 11 is 5.75. The van der Waals surface area contributed by atoms with Gasteiger partial charge in [0.25, 0.3) is 0 Å². The molecule has 1 aromatic carbocycles. The Morgan fingerprint density at radius 3 is 2.62 bits per heavy atom. The highest BCUT2D eigenvalue weighted by atomic mass is 35.5. The summed E-state index contributed by atoms with van der Waals surface area (Å²) in [5, 5.41) is 8.30. The van der Waals surface area contributed by atoms with Gasteiger partial charge in [-0.1, -0.05) is 11.6 Å². The van der Waals surface area contributed by atoms with E-state index < -0.39 is 10.0 Å². The molecule has 0 saturated carbocycles. The van der Waals surface area contributed by atoms with Crippen molar-refractivity contribution in [1.82, 2.24) is 19.9 Å². The molecule has 0 amide bonds. The molecular formula is C15H13ClN4O3S. The van der Waals surface area contributed by atoms with Crippen LogP contribution in [0, 0.1) is 0 Å². The Kier molecular flexibility index (Phi) is 4.89. The molecule has 0 saturated heterocycles. The Labute approximate surface area is 143 Å². The normalized spacial score (nSPS) is 11.5. The zero-order valence-electron chi connectivity index (χ0n) is 12.4. The van der Waals surface area contributed by atoms with Crippen LogP contribution in [0.5, 0.6) is 0 Å². The molecule has 0 fully saturated rings. The van der Waals surface area contributed by atoms with E-state index in [1.807, 2.05) is 0 Å². The van der Waals surface area contributed by atoms with E-state index in [2.05, 4.69) is 19.9 Å². The van der Waals surface area contributed by atoms with Gasteiger partial charge in [-0.05, 0) is 36.4 Å². The predicted octanol–water partition coefficient (Wildman–Crippen LogP) is 2.31. The Balaban J connectivity index is 1.60. The van der Waals surface area contributed by atoms with Crippen molar-refractivity contribution < 1.29 is 12.8 Å². The van der Waals surface area contributed by atoms with Crippen molar-refractivity contribution in [2.75, 3.05) is 6.54 Å². The van der Waals surface area contributed by atoms with Gasteiger partial charge in [-0.3, -0.25) is 4.98 Å². The van der Waals surface area contributed by atoms with E-state index in [0.29, 0.717) is 22.4 Å². The van der Waals surface area contributed by atoms with Crippen molar-refractivity contribution in [3.05, 3.63) is 59.7 Å². The van der Waals surface area contributed by atoms with E-state index in [9.17, 15) is 8.42 Å². The smallest absolute Gasteiger partial charge is 0.249 e. The lowest BCUT2D eigenvalue weighted by atomic mass is 10.3. The van der Waals surface area contributed by atoms with E-state index >= 15 is 0 Å². The van der Waals surface area contributed by atoms with Crippen LogP contribution in [0.3, 0.4) is 0 Å². The Bertz CT molecular complexity index is 911. The fourth-order valence-electron chi connectivity index (χ4n) is 1.95. The standard InChI is InChI=1S/C15H13ClN4O3S/c16-12-3-5-13(6-4-12)24(21,22)18-9-7-14-19-20-15(23-14)11-2-1-8-17-10-11/h1-6,8,10,18H,7,9H2. The number of halogens is 1. The Morgan fingerprint density at radius 1 is 1.12 bits per heavy atom.